The summed E-state index contributed by atoms with van der Waals surface area (Å²) in [6, 6.07) is 11.5. The lowest BCUT2D eigenvalue weighted by molar-refractivity contribution is 0.563. The van der Waals surface area contributed by atoms with Crippen molar-refractivity contribution in [1.29, 1.82) is 0 Å². The first-order valence-corrected chi connectivity index (χ1v) is 9.47. The number of fused-ring (bicyclic) bond motifs is 3. The van der Waals surface area contributed by atoms with E-state index in [1.54, 1.807) is 12.4 Å². The fraction of sp³-hybridized carbons (Fsp3) is 0.0435. The van der Waals surface area contributed by atoms with Crippen LogP contribution in [0.2, 0.25) is 0 Å². The summed E-state index contributed by atoms with van der Waals surface area (Å²) in [6.07, 6.45) is 11.1. The van der Waals surface area contributed by atoms with Crippen LogP contribution in [0.25, 0.3) is 44.5 Å². The highest BCUT2D eigenvalue weighted by Crippen LogP contribution is 2.24. The number of pyridine rings is 1. The number of nitrogens with zero attached hydrogens (tertiary/aromatic N) is 5. The number of aromatic nitrogens is 5. The number of imidazole rings is 1. The van der Waals surface area contributed by atoms with E-state index in [1.807, 2.05) is 77.1 Å². The van der Waals surface area contributed by atoms with Crippen molar-refractivity contribution in [2.75, 3.05) is 0 Å². The summed E-state index contributed by atoms with van der Waals surface area (Å²) in [4.78, 5) is 25.8. The van der Waals surface area contributed by atoms with Gasteiger partial charge in [-0.3, -0.25) is 9.97 Å². The molecule has 0 unspecified atom stereocenters. The summed E-state index contributed by atoms with van der Waals surface area (Å²) >= 11 is 0. The quantitative estimate of drug-likeness (QED) is 0.413. The van der Waals surface area contributed by atoms with E-state index in [0.29, 0.717) is 22.5 Å². The summed E-state index contributed by atoms with van der Waals surface area (Å²) in [7, 11) is 0. The molecule has 0 aliphatic rings. The van der Waals surface area contributed by atoms with Crippen molar-refractivity contribution in [3.8, 4) is 16.9 Å². The summed E-state index contributed by atoms with van der Waals surface area (Å²) in [5.74, 6) is 0. The van der Waals surface area contributed by atoms with E-state index in [-0.39, 0.29) is 0 Å². The molecule has 0 aliphatic heterocycles. The first-order valence-electron chi connectivity index (χ1n) is 9.47. The zero-order chi connectivity index (χ0) is 20.2. The average Bonchev–Trinajstić information content (AvgIpc) is 3.36. The highest BCUT2D eigenvalue weighted by molar-refractivity contribution is 5.84. The minimum atomic E-state index is -0.424. The van der Waals surface area contributed by atoms with Crippen molar-refractivity contribution in [2.24, 2.45) is 0 Å². The molecule has 1 aromatic carbocycles. The summed E-state index contributed by atoms with van der Waals surface area (Å²) in [5, 5.41) is 1.88. The monoisotopic (exact) mass is 393 g/mol. The molecule has 0 N–H and O–H groups in total. The Kier molecular flexibility index (Phi) is 3.40. The Bertz CT molecular complexity index is 1610. The smallest absolute Gasteiger partial charge is 0.345 e. The van der Waals surface area contributed by atoms with Crippen LogP contribution in [0.1, 0.15) is 5.69 Å². The lowest BCUT2D eigenvalue weighted by Crippen LogP contribution is -2.03. The van der Waals surface area contributed by atoms with E-state index < -0.39 is 5.63 Å². The predicted molar refractivity (Wildman–Crippen MR) is 114 cm³/mol. The van der Waals surface area contributed by atoms with Crippen LogP contribution in [0.3, 0.4) is 0 Å². The number of aryl methyl sites for hydroxylation is 1. The van der Waals surface area contributed by atoms with Crippen molar-refractivity contribution < 1.29 is 4.42 Å². The van der Waals surface area contributed by atoms with Gasteiger partial charge in [0, 0.05) is 53.5 Å². The molecule has 5 heterocycles. The van der Waals surface area contributed by atoms with E-state index in [4.69, 9.17) is 4.42 Å². The number of rotatable bonds is 2. The first kappa shape index (κ1) is 16.7. The molecule has 0 saturated heterocycles. The molecular weight excluding hydrogens is 378 g/mol. The zero-order valence-electron chi connectivity index (χ0n) is 16.0. The van der Waals surface area contributed by atoms with Crippen molar-refractivity contribution >= 4 is 27.5 Å². The average molecular weight is 393 g/mol. The normalized spacial score (nSPS) is 11.6. The standard InChI is InChI=1S/C23H15N5O2/c1-14-10-28-13-20(26-22(28)9-25-14)18-7-15-4-5-17(8-21(15)30-23(18)29)27-11-16-3-2-6-24-19(16)12-27/h2-13H,1H3. The van der Waals surface area contributed by atoms with E-state index in [9.17, 15) is 4.79 Å². The third-order valence-corrected chi connectivity index (χ3v) is 5.17. The predicted octanol–water partition coefficient (Wildman–Crippen LogP) is 4.15. The van der Waals surface area contributed by atoms with Gasteiger partial charge in [-0.05, 0) is 37.3 Å². The van der Waals surface area contributed by atoms with Gasteiger partial charge < -0.3 is 13.4 Å². The fourth-order valence-corrected chi connectivity index (χ4v) is 3.68. The van der Waals surface area contributed by atoms with Gasteiger partial charge in [0.25, 0.3) is 0 Å². The maximum Gasteiger partial charge on any atom is 0.345 e. The summed E-state index contributed by atoms with van der Waals surface area (Å²) < 4.78 is 9.48. The van der Waals surface area contributed by atoms with Gasteiger partial charge in [-0.2, -0.15) is 0 Å². The second-order valence-corrected chi connectivity index (χ2v) is 7.23. The Labute approximate surface area is 169 Å². The molecule has 0 bridgehead atoms. The van der Waals surface area contributed by atoms with Crippen LogP contribution in [0, 0.1) is 6.92 Å². The number of benzene rings is 1. The van der Waals surface area contributed by atoms with Crippen LogP contribution in [-0.4, -0.2) is 23.9 Å². The number of hydrogen-bond donors (Lipinski definition) is 0. The highest BCUT2D eigenvalue weighted by Gasteiger charge is 2.13. The van der Waals surface area contributed by atoms with Crippen molar-refractivity contribution in [2.45, 2.75) is 6.92 Å². The molecule has 0 spiro atoms. The number of hydrogen-bond acceptors (Lipinski definition) is 5. The zero-order valence-corrected chi connectivity index (χ0v) is 16.0. The Balaban J connectivity index is 1.47. The molecule has 7 heteroatoms. The molecule has 0 radical (unpaired) electrons. The SMILES string of the molecule is Cc1cn2cc(-c3cc4ccc(-n5cc6cccnc6c5)cc4oc3=O)nc2cn1. The molecule has 0 fully saturated rings. The van der Waals surface area contributed by atoms with Crippen LogP contribution in [-0.2, 0) is 0 Å². The Hall–Kier alpha value is -4.26. The van der Waals surface area contributed by atoms with Gasteiger partial charge >= 0.3 is 5.63 Å². The molecule has 30 heavy (non-hydrogen) atoms. The Morgan fingerprint density at radius 3 is 2.80 bits per heavy atom. The van der Waals surface area contributed by atoms with E-state index >= 15 is 0 Å². The molecule has 144 valence electrons. The van der Waals surface area contributed by atoms with Crippen molar-refractivity contribution in [1.82, 2.24) is 23.9 Å². The van der Waals surface area contributed by atoms with Crippen LogP contribution in [0.15, 0.2) is 82.8 Å². The minimum absolute atomic E-state index is 0.424. The molecule has 0 amide bonds. The molecule has 0 atom stereocenters. The molecule has 0 saturated carbocycles. The van der Waals surface area contributed by atoms with Gasteiger partial charge in [0.1, 0.15) is 5.58 Å². The lowest BCUT2D eigenvalue weighted by Gasteiger charge is -2.05. The molecule has 5 aromatic heterocycles. The van der Waals surface area contributed by atoms with Crippen LogP contribution < -0.4 is 5.63 Å². The van der Waals surface area contributed by atoms with Crippen LogP contribution >= 0.6 is 0 Å². The van der Waals surface area contributed by atoms with Crippen LogP contribution in [0.4, 0.5) is 0 Å². The van der Waals surface area contributed by atoms with Gasteiger partial charge in [0.15, 0.2) is 5.65 Å². The molecular formula is C23H15N5O2. The van der Waals surface area contributed by atoms with Crippen molar-refractivity contribution in [3.63, 3.8) is 0 Å². The summed E-state index contributed by atoms with van der Waals surface area (Å²) in [6.45, 7) is 1.91. The maximum atomic E-state index is 12.7. The molecule has 6 aromatic rings. The fourth-order valence-electron chi connectivity index (χ4n) is 3.68. The van der Waals surface area contributed by atoms with Crippen molar-refractivity contribution in [3.05, 3.63) is 89.7 Å². The van der Waals surface area contributed by atoms with E-state index in [0.717, 1.165) is 27.7 Å². The molecule has 6 rings (SSSR count). The van der Waals surface area contributed by atoms with Gasteiger partial charge in [0.05, 0.1) is 28.7 Å². The maximum absolute atomic E-state index is 12.7. The topological polar surface area (TPSA) is 78.2 Å². The largest absolute Gasteiger partial charge is 0.422 e. The lowest BCUT2D eigenvalue weighted by atomic mass is 10.1. The second-order valence-electron chi connectivity index (χ2n) is 7.23. The van der Waals surface area contributed by atoms with Gasteiger partial charge in [0.2, 0.25) is 0 Å². The highest BCUT2D eigenvalue weighted by atomic mass is 16.4. The van der Waals surface area contributed by atoms with Gasteiger partial charge in [-0.25, -0.2) is 9.78 Å². The molecule has 0 aliphatic carbocycles. The Morgan fingerprint density at radius 1 is 0.967 bits per heavy atom. The van der Waals surface area contributed by atoms with Gasteiger partial charge in [-0.15, -0.1) is 0 Å². The molecule has 7 nitrogen and oxygen atoms in total. The van der Waals surface area contributed by atoms with Crippen LogP contribution in [0.5, 0.6) is 0 Å². The first-order chi connectivity index (χ1) is 14.6. The Morgan fingerprint density at radius 2 is 1.90 bits per heavy atom. The van der Waals surface area contributed by atoms with E-state index in [2.05, 4.69) is 15.0 Å². The third-order valence-electron chi connectivity index (χ3n) is 5.17. The van der Waals surface area contributed by atoms with Gasteiger partial charge in [-0.1, -0.05) is 0 Å². The summed E-state index contributed by atoms with van der Waals surface area (Å²) in [5.41, 5.74) is 4.44. The third kappa shape index (κ3) is 2.60. The minimum Gasteiger partial charge on any atom is -0.422 e. The van der Waals surface area contributed by atoms with E-state index in [1.165, 1.54) is 0 Å². The second kappa shape index (κ2) is 6.12.